The van der Waals surface area contributed by atoms with E-state index in [1.165, 1.54) is 9.80 Å². The number of hydrogen-bond acceptors (Lipinski definition) is 3. The van der Waals surface area contributed by atoms with E-state index in [1.54, 1.807) is 0 Å². The van der Waals surface area contributed by atoms with Crippen LogP contribution in [0.15, 0.2) is 70.5 Å². The minimum Gasteiger partial charge on any atom is -0.289 e. The molecule has 1 heterocycles. The third kappa shape index (κ3) is 3.31. The van der Waals surface area contributed by atoms with Crippen molar-refractivity contribution < 1.29 is 4.79 Å². The zero-order valence-corrected chi connectivity index (χ0v) is 14.1. The van der Waals surface area contributed by atoms with E-state index in [9.17, 15) is 4.79 Å². The van der Waals surface area contributed by atoms with Crippen LogP contribution >= 0.6 is 23.5 Å². The van der Waals surface area contributed by atoms with Crippen LogP contribution in [0.3, 0.4) is 0 Å². The number of Topliss-reactive ketones (excluding diaryl/α,β-unsaturated/α-hetero) is 1. The maximum atomic E-state index is 13.1. The van der Waals surface area contributed by atoms with Gasteiger partial charge in [-0.3, -0.25) is 4.79 Å². The second-order valence-electron chi connectivity index (χ2n) is 5.23. The number of thioether (sulfide) groups is 2. The molecule has 0 bridgehead atoms. The number of ketones is 1. The Hall–Kier alpha value is -1.45. The smallest absolute Gasteiger partial charge is 0.191 e. The van der Waals surface area contributed by atoms with E-state index >= 15 is 0 Å². The molecule has 3 heteroatoms. The summed E-state index contributed by atoms with van der Waals surface area (Å²) in [7, 11) is 0. The summed E-state index contributed by atoms with van der Waals surface area (Å²) in [6.45, 7) is 2.14. The molecule has 1 unspecified atom stereocenters. The highest BCUT2D eigenvalue weighted by Crippen LogP contribution is 2.43. The van der Waals surface area contributed by atoms with Crippen molar-refractivity contribution in [3.05, 3.63) is 81.6 Å². The van der Waals surface area contributed by atoms with E-state index < -0.39 is 0 Å². The fourth-order valence-electron chi connectivity index (χ4n) is 2.59. The second-order valence-corrected chi connectivity index (χ2v) is 7.69. The molecule has 0 saturated carbocycles. The summed E-state index contributed by atoms with van der Waals surface area (Å²) in [6, 6.07) is 19.9. The minimum atomic E-state index is 0.113. The molecule has 0 amide bonds. The van der Waals surface area contributed by atoms with Crippen LogP contribution in [0.1, 0.15) is 28.8 Å². The molecule has 3 rings (SSSR count). The van der Waals surface area contributed by atoms with Gasteiger partial charge in [0.25, 0.3) is 0 Å². The van der Waals surface area contributed by atoms with Crippen molar-refractivity contribution in [1.82, 2.24) is 0 Å². The highest BCUT2D eigenvalue weighted by Gasteiger charge is 2.26. The number of allylic oxidation sites excluding steroid dienone is 1. The molecule has 22 heavy (non-hydrogen) atoms. The average Bonchev–Trinajstić information content (AvgIpc) is 3.10. The summed E-state index contributed by atoms with van der Waals surface area (Å²) in [5.74, 6) is 2.45. The van der Waals surface area contributed by atoms with Gasteiger partial charge in [0.2, 0.25) is 0 Å². The van der Waals surface area contributed by atoms with Gasteiger partial charge in [-0.05, 0) is 5.56 Å². The topological polar surface area (TPSA) is 17.1 Å². The maximum Gasteiger partial charge on any atom is 0.191 e. The molecular formula is C19H18OS2. The Morgan fingerprint density at radius 3 is 2.05 bits per heavy atom. The molecule has 1 aliphatic rings. The van der Waals surface area contributed by atoms with Gasteiger partial charge in [-0.15, -0.1) is 23.5 Å². The largest absolute Gasteiger partial charge is 0.289 e. The van der Waals surface area contributed by atoms with Gasteiger partial charge in [-0.2, -0.15) is 0 Å². The first-order valence-electron chi connectivity index (χ1n) is 7.42. The Balaban J connectivity index is 2.02. The van der Waals surface area contributed by atoms with Crippen molar-refractivity contribution in [2.24, 2.45) is 0 Å². The van der Waals surface area contributed by atoms with E-state index in [0.717, 1.165) is 22.6 Å². The van der Waals surface area contributed by atoms with Crippen LogP contribution in [-0.4, -0.2) is 17.3 Å². The molecule has 0 aromatic heterocycles. The minimum absolute atomic E-state index is 0.113. The van der Waals surface area contributed by atoms with E-state index in [1.807, 2.05) is 72.1 Å². The van der Waals surface area contributed by atoms with Crippen molar-refractivity contribution in [2.75, 3.05) is 11.5 Å². The van der Waals surface area contributed by atoms with Crippen LogP contribution in [-0.2, 0) is 0 Å². The molecular weight excluding hydrogens is 308 g/mol. The normalized spacial score (nSPS) is 15.6. The van der Waals surface area contributed by atoms with Crippen molar-refractivity contribution >= 4 is 29.3 Å². The Morgan fingerprint density at radius 2 is 1.45 bits per heavy atom. The zero-order chi connectivity index (χ0) is 15.4. The van der Waals surface area contributed by atoms with E-state index in [2.05, 4.69) is 19.1 Å². The number of carbonyl (C=O) groups excluding carboxylic acids is 1. The van der Waals surface area contributed by atoms with Gasteiger partial charge in [0.05, 0.1) is 0 Å². The van der Waals surface area contributed by atoms with Crippen LogP contribution in [0.5, 0.6) is 0 Å². The van der Waals surface area contributed by atoms with E-state index in [0.29, 0.717) is 0 Å². The average molecular weight is 326 g/mol. The van der Waals surface area contributed by atoms with E-state index in [-0.39, 0.29) is 11.7 Å². The number of hydrogen-bond donors (Lipinski definition) is 0. The SMILES string of the molecule is CC(C(C(=O)c1ccccc1)=C1SCCS1)c1ccccc1. The number of rotatable bonds is 4. The van der Waals surface area contributed by atoms with Crippen LogP contribution in [0, 0.1) is 0 Å². The summed E-state index contributed by atoms with van der Waals surface area (Å²) in [6.07, 6.45) is 0. The lowest BCUT2D eigenvalue weighted by atomic mass is 9.89. The maximum absolute atomic E-state index is 13.1. The molecule has 1 atom stereocenters. The molecule has 0 aliphatic carbocycles. The van der Waals surface area contributed by atoms with E-state index in [4.69, 9.17) is 0 Å². The standard InChI is InChI=1S/C19H18OS2/c1-14(15-8-4-2-5-9-15)17(19-21-12-13-22-19)18(20)16-10-6-3-7-11-16/h2-11,14H,12-13H2,1H3. The molecule has 2 aromatic rings. The molecule has 1 saturated heterocycles. The van der Waals surface area contributed by atoms with Gasteiger partial charge >= 0.3 is 0 Å². The summed E-state index contributed by atoms with van der Waals surface area (Å²) in [4.78, 5) is 13.1. The van der Waals surface area contributed by atoms with Gasteiger partial charge in [0.1, 0.15) is 0 Å². The van der Waals surface area contributed by atoms with Gasteiger partial charge < -0.3 is 0 Å². The quantitative estimate of drug-likeness (QED) is 0.556. The van der Waals surface area contributed by atoms with Gasteiger partial charge in [0, 0.05) is 32.8 Å². The molecule has 0 spiro atoms. The Morgan fingerprint density at radius 1 is 0.909 bits per heavy atom. The molecule has 1 nitrogen and oxygen atoms in total. The molecule has 112 valence electrons. The number of carbonyl (C=O) groups is 1. The van der Waals surface area contributed by atoms with Crippen LogP contribution < -0.4 is 0 Å². The lowest BCUT2D eigenvalue weighted by molar-refractivity contribution is 0.102. The fourth-order valence-corrected chi connectivity index (χ4v) is 5.31. The highest BCUT2D eigenvalue weighted by molar-refractivity contribution is 8.25. The first-order chi connectivity index (χ1) is 10.8. The third-order valence-corrected chi connectivity index (χ3v) is 6.53. The third-order valence-electron chi connectivity index (χ3n) is 3.78. The predicted octanol–water partition coefficient (Wildman–Crippen LogP) is 5.36. The summed E-state index contributed by atoms with van der Waals surface area (Å²) in [5, 5.41) is 0. The summed E-state index contributed by atoms with van der Waals surface area (Å²) < 4.78 is 1.20. The highest BCUT2D eigenvalue weighted by atomic mass is 32.2. The predicted molar refractivity (Wildman–Crippen MR) is 97.6 cm³/mol. The first-order valence-corrected chi connectivity index (χ1v) is 9.39. The molecule has 0 radical (unpaired) electrons. The van der Waals surface area contributed by atoms with Crippen molar-refractivity contribution in [3.63, 3.8) is 0 Å². The number of benzene rings is 2. The van der Waals surface area contributed by atoms with Crippen molar-refractivity contribution in [3.8, 4) is 0 Å². The molecule has 0 N–H and O–H groups in total. The lowest BCUT2D eigenvalue weighted by Crippen LogP contribution is -2.11. The first kappa shape index (κ1) is 15.4. The van der Waals surface area contributed by atoms with Crippen LogP contribution in [0.4, 0.5) is 0 Å². The lowest BCUT2D eigenvalue weighted by Gasteiger charge is -2.18. The zero-order valence-electron chi connectivity index (χ0n) is 12.5. The second kappa shape index (κ2) is 7.21. The van der Waals surface area contributed by atoms with Gasteiger partial charge in [0.15, 0.2) is 5.78 Å². The molecule has 2 aromatic carbocycles. The Labute approximate surface area is 140 Å². The Bertz CT molecular complexity index is 669. The molecule has 1 fully saturated rings. The monoisotopic (exact) mass is 326 g/mol. The van der Waals surface area contributed by atoms with Gasteiger partial charge in [-0.1, -0.05) is 67.6 Å². The van der Waals surface area contributed by atoms with Crippen LogP contribution in [0.2, 0.25) is 0 Å². The summed E-state index contributed by atoms with van der Waals surface area (Å²) >= 11 is 3.64. The summed E-state index contributed by atoms with van der Waals surface area (Å²) in [5.41, 5.74) is 2.92. The van der Waals surface area contributed by atoms with Crippen molar-refractivity contribution in [1.29, 1.82) is 0 Å². The fraction of sp³-hybridized carbons (Fsp3) is 0.211. The van der Waals surface area contributed by atoms with Crippen LogP contribution in [0.25, 0.3) is 0 Å². The Kier molecular flexibility index (Phi) is 5.06. The van der Waals surface area contributed by atoms with Gasteiger partial charge in [-0.25, -0.2) is 0 Å². The van der Waals surface area contributed by atoms with Crippen molar-refractivity contribution in [2.45, 2.75) is 12.8 Å². The molecule has 1 aliphatic heterocycles.